The molecule has 1 amide bonds. The maximum absolute atomic E-state index is 11.3. The van der Waals surface area contributed by atoms with E-state index in [0.717, 1.165) is 0 Å². The van der Waals surface area contributed by atoms with Crippen molar-refractivity contribution in [3.63, 3.8) is 0 Å². The third-order valence-electron chi connectivity index (χ3n) is 4.13. The van der Waals surface area contributed by atoms with E-state index in [0.29, 0.717) is 11.8 Å². The zero-order valence-corrected chi connectivity index (χ0v) is 9.68. The second-order valence-electron chi connectivity index (χ2n) is 5.27. The molecule has 1 aliphatic carbocycles. The summed E-state index contributed by atoms with van der Waals surface area (Å²) < 4.78 is 0. The Morgan fingerprint density at radius 3 is 2.21 bits per heavy atom. The molecule has 0 unspecified atom stereocenters. The van der Waals surface area contributed by atoms with Crippen LogP contribution in [0.5, 0.6) is 0 Å². The van der Waals surface area contributed by atoms with E-state index < -0.39 is 0 Å². The fraction of sp³-hybridized carbons (Fsp3) is 0.917. The van der Waals surface area contributed by atoms with Gasteiger partial charge in [-0.1, -0.05) is 52.9 Å². The van der Waals surface area contributed by atoms with Gasteiger partial charge in [-0.15, -0.1) is 0 Å². The van der Waals surface area contributed by atoms with Gasteiger partial charge in [-0.25, -0.2) is 0 Å². The van der Waals surface area contributed by atoms with Gasteiger partial charge in [0.25, 0.3) is 0 Å². The lowest BCUT2D eigenvalue weighted by Crippen LogP contribution is -2.40. The molecule has 0 aliphatic heterocycles. The van der Waals surface area contributed by atoms with Crippen LogP contribution in [0.1, 0.15) is 52.9 Å². The van der Waals surface area contributed by atoms with Crippen molar-refractivity contribution in [1.82, 2.24) is 0 Å². The molecule has 1 atom stereocenters. The molecule has 82 valence electrons. The second kappa shape index (κ2) is 4.33. The number of hydrogen-bond donors (Lipinski definition) is 1. The molecule has 0 aromatic carbocycles. The fourth-order valence-corrected chi connectivity index (χ4v) is 2.45. The SMILES string of the molecule is C[C@H](C1CCCCC1)C(C)(C)C(N)=O. The van der Waals surface area contributed by atoms with E-state index in [-0.39, 0.29) is 11.3 Å². The molecular formula is C12H23NO. The van der Waals surface area contributed by atoms with Gasteiger partial charge in [0, 0.05) is 5.41 Å². The molecule has 1 rings (SSSR count). The first-order valence-electron chi connectivity index (χ1n) is 5.76. The minimum atomic E-state index is -0.345. The zero-order valence-electron chi connectivity index (χ0n) is 9.68. The van der Waals surface area contributed by atoms with Gasteiger partial charge in [0.1, 0.15) is 0 Å². The van der Waals surface area contributed by atoms with Crippen LogP contribution in [-0.2, 0) is 4.79 Å². The van der Waals surface area contributed by atoms with E-state index in [1.165, 1.54) is 32.1 Å². The van der Waals surface area contributed by atoms with Crippen molar-refractivity contribution >= 4 is 5.91 Å². The first-order chi connectivity index (χ1) is 6.46. The van der Waals surface area contributed by atoms with Crippen molar-refractivity contribution in [2.45, 2.75) is 52.9 Å². The average molecular weight is 197 g/mol. The molecule has 1 fully saturated rings. The maximum atomic E-state index is 11.3. The fourth-order valence-electron chi connectivity index (χ4n) is 2.45. The summed E-state index contributed by atoms with van der Waals surface area (Å²) in [7, 11) is 0. The highest BCUT2D eigenvalue weighted by atomic mass is 16.1. The van der Waals surface area contributed by atoms with Crippen LogP contribution in [0.2, 0.25) is 0 Å². The summed E-state index contributed by atoms with van der Waals surface area (Å²) in [5, 5.41) is 0. The van der Waals surface area contributed by atoms with Gasteiger partial charge in [-0.05, 0) is 11.8 Å². The first kappa shape index (κ1) is 11.5. The average Bonchev–Trinajstić information content (AvgIpc) is 2.17. The smallest absolute Gasteiger partial charge is 0.223 e. The number of primary amides is 1. The van der Waals surface area contributed by atoms with E-state index in [2.05, 4.69) is 6.92 Å². The number of amides is 1. The Morgan fingerprint density at radius 2 is 1.79 bits per heavy atom. The van der Waals surface area contributed by atoms with Crippen LogP contribution in [0.3, 0.4) is 0 Å². The van der Waals surface area contributed by atoms with Crippen molar-refractivity contribution in [2.24, 2.45) is 23.0 Å². The molecule has 0 bridgehead atoms. The lowest BCUT2D eigenvalue weighted by atomic mass is 9.68. The van der Waals surface area contributed by atoms with Crippen LogP contribution >= 0.6 is 0 Å². The Hall–Kier alpha value is -0.530. The van der Waals surface area contributed by atoms with Crippen LogP contribution in [0.15, 0.2) is 0 Å². The van der Waals surface area contributed by atoms with Gasteiger partial charge in [0.05, 0.1) is 0 Å². The summed E-state index contributed by atoms with van der Waals surface area (Å²) in [6, 6.07) is 0. The molecule has 14 heavy (non-hydrogen) atoms. The zero-order chi connectivity index (χ0) is 10.8. The van der Waals surface area contributed by atoms with Crippen molar-refractivity contribution in [1.29, 1.82) is 0 Å². The molecule has 2 N–H and O–H groups in total. The lowest BCUT2D eigenvalue weighted by molar-refractivity contribution is -0.129. The Bertz CT molecular complexity index is 204. The highest BCUT2D eigenvalue weighted by molar-refractivity contribution is 5.80. The van der Waals surface area contributed by atoms with Crippen molar-refractivity contribution in [3.05, 3.63) is 0 Å². The number of rotatable bonds is 3. The normalized spacial score (nSPS) is 21.9. The third-order valence-corrected chi connectivity index (χ3v) is 4.13. The van der Waals surface area contributed by atoms with Gasteiger partial charge in [0.15, 0.2) is 0 Å². The molecule has 0 aromatic heterocycles. The van der Waals surface area contributed by atoms with Gasteiger partial charge in [-0.2, -0.15) is 0 Å². The van der Waals surface area contributed by atoms with E-state index in [1.54, 1.807) is 0 Å². The monoisotopic (exact) mass is 197 g/mol. The van der Waals surface area contributed by atoms with Crippen molar-refractivity contribution < 1.29 is 4.79 Å². The summed E-state index contributed by atoms with van der Waals surface area (Å²) >= 11 is 0. The Morgan fingerprint density at radius 1 is 1.29 bits per heavy atom. The lowest BCUT2D eigenvalue weighted by Gasteiger charge is -2.36. The second-order valence-corrected chi connectivity index (χ2v) is 5.27. The van der Waals surface area contributed by atoms with E-state index >= 15 is 0 Å². The van der Waals surface area contributed by atoms with Crippen LogP contribution in [0, 0.1) is 17.3 Å². The van der Waals surface area contributed by atoms with Gasteiger partial charge in [0.2, 0.25) is 5.91 Å². The third kappa shape index (κ3) is 2.28. The molecule has 1 aliphatic rings. The van der Waals surface area contributed by atoms with Crippen LogP contribution in [0.4, 0.5) is 0 Å². The van der Waals surface area contributed by atoms with Crippen LogP contribution in [0.25, 0.3) is 0 Å². The first-order valence-corrected chi connectivity index (χ1v) is 5.76. The summed E-state index contributed by atoms with van der Waals surface area (Å²) in [6.07, 6.45) is 6.56. The number of carbonyl (C=O) groups excluding carboxylic acids is 1. The van der Waals surface area contributed by atoms with E-state index in [4.69, 9.17) is 5.73 Å². The van der Waals surface area contributed by atoms with Crippen LogP contribution in [-0.4, -0.2) is 5.91 Å². The molecule has 2 nitrogen and oxygen atoms in total. The molecule has 0 aromatic rings. The molecule has 2 heteroatoms. The molecular weight excluding hydrogens is 174 g/mol. The standard InChI is InChI=1S/C12H23NO/c1-9(12(2,3)11(13)14)10-7-5-4-6-8-10/h9-10H,4-8H2,1-3H3,(H2,13,14)/t9-/m1/s1. The predicted octanol–water partition coefficient (Wildman–Crippen LogP) is 2.71. The molecule has 0 saturated heterocycles. The van der Waals surface area contributed by atoms with E-state index in [1.807, 2.05) is 13.8 Å². The number of nitrogens with two attached hydrogens (primary N) is 1. The highest BCUT2D eigenvalue weighted by Crippen LogP contribution is 2.39. The Labute approximate surface area is 87.2 Å². The van der Waals surface area contributed by atoms with Gasteiger partial charge < -0.3 is 5.73 Å². The topological polar surface area (TPSA) is 43.1 Å². The molecule has 0 spiro atoms. The molecule has 0 radical (unpaired) electrons. The minimum Gasteiger partial charge on any atom is -0.369 e. The minimum absolute atomic E-state index is 0.157. The summed E-state index contributed by atoms with van der Waals surface area (Å²) in [6.45, 7) is 6.14. The summed E-state index contributed by atoms with van der Waals surface area (Å²) in [5.74, 6) is 0.960. The number of hydrogen-bond acceptors (Lipinski definition) is 1. The molecule has 1 saturated carbocycles. The van der Waals surface area contributed by atoms with Crippen molar-refractivity contribution in [3.8, 4) is 0 Å². The maximum Gasteiger partial charge on any atom is 0.223 e. The Balaban J connectivity index is 2.62. The quantitative estimate of drug-likeness (QED) is 0.742. The largest absolute Gasteiger partial charge is 0.369 e. The predicted molar refractivity (Wildman–Crippen MR) is 58.7 cm³/mol. The summed E-state index contributed by atoms with van der Waals surface area (Å²) in [4.78, 5) is 11.3. The van der Waals surface area contributed by atoms with Gasteiger partial charge >= 0.3 is 0 Å². The number of carbonyl (C=O) groups is 1. The van der Waals surface area contributed by atoms with E-state index in [9.17, 15) is 4.79 Å². The van der Waals surface area contributed by atoms with Crippen molar-refractivity contribution in [2.75, 3.05) is 0 Å². The van der Waals surface area contributed by atoms with Crippen LogP contribution < -0.4 is 5.73 Å². The highest BCUT2D eigenvalue weighted by Gasteiger charge is 2.36. The van der Waals surface area contributed by atoms with Gasteiger partial charge in [-0.3, -0.25) is 4.79 Å². The Kier molecular flexibility index (Phi) is 3.57. The summed E-state index contributed by atoms with van der Waals surface area (Å²) in [5.41, 5.74) is 5.09. The molecule has 0 heterocycles.